The highest BCUT2D eigenvalue weighted by atomic mass is 19.4. The molecule has 1 N–H and O–H groups in total. The first-order valence-electron chi connectivity index (χ1n) is 11.0. The van der Waals surface area contributed by atoms with Crippen LogP contribution < -0.4 is 10.2 Å². The number of nitriles is 2. The minimum absolute atomic E-state index is 0.0584. The highest BCUT2D eigenvalue weighted by Crippen LogP contribution is 2.43. The minimum Gasteiger partial charge on any atom is -0.351 e. The zero-order valence-corrected chi connectivity index (χ0v) is 19.4. The molecule has 0 saturated heterocycles. The summed E-state index contributed by atoms with van der Waals surface area (Å²) in [5.74, 6) is -0.925. The molecule has 188 valence electrons. The summed E-state index contributed by atoms with van der Waals surface area (Å²) in [5.41, 5.74) is 0.661. The van der Waals surface area contributed by atoms with Crippen molar-refractivity contribution in [2.75, 3.05) is 10.2 Å². The molecule has 0 spiro atoms. The summed E-state index contributed by atoms with van der Waals surface area (Å²) in [5, 5.41) is 29.6. The van der Waals surface area contributed by atoms with Gasteiger partial charge in [-0.2, -0.15) is 28.7 Å². The fourth-order valence-electron chi connectivity index (χ4n) is 4.10. The van der Waals surface area contributed by atoms with Crippen LogP contribution in [0.25, 0.3) is 0 Å². The van der Waals surface area contributed by atoms with Crippen molar-refractivity contribution in [2.45, 2.75) is 19.1 Å². The van der Waals surface area contributed by atoms with Crippen LogP contribution in [0.3, 0.4) is 0 Å². The first kappa shape index (κ1) is 24.3. The standard InChI is InChI=1S/C25H15F3N8O2/c1-14-19(13-30)21(16-7-5-15(12-29)6-8-16)36-24(33-23(34-36)32-22(37)20-9-10-31-38-20)35(14)18-4-2-3-17(11-18)25(26,27)28/h2-11,21H,1H3,(H,32,34,37)/t21-/m1/s1. The van der Waals surface area contributed by atoms with Gasteiger partial charge >= 0.3 is 6.18 Å². The summed E-state index contributed by atoms with van der Waals surface area (Å²) in [4.78, 5) is 18.3. The third-order valence-electron chi connectivity index (χ3n) is 5.85. The van der Waals surface area contributed by atoms with Gasteiger partial charge in [0.25, 0.3) is 11.9 Å². The number of fused-ring (bicyclic) bond motifs is 1. The fraction of sp³-hybridized carbons (Fsp3) is 0.120. The van der Waals surface area contributed by atoms with Crippen molar-refractivity contribution >= 4 is 23.5 Å². The van der Waals surface area contributed by atoms with Crippen LogP contribution in [-0.2, 0) is 6.18 Å². The van der Waals surface area contributed by atoms with E-state index in [1.165, 1.54) is 34.0 Å². The van der Waals surface area contributed by atoms with E-state index in [1.807, 2.05) is 6.07 Å². The maximum atomic E-state index is 13.5. The Balaban J connectivity index is 1.68. The number of amides is 1. The molecule has 13 heteroatoms. The van der Waals surface area contributed by atoms with Crippen LogP contribution in [0, 0.1) is 22.7 Å². The second-order valence-electron chi connectivity index (χ2n) is 8.14. The number of carbonyl (C=O) groups excluding carboxylic acids is 1. The van der Waals surface area contributed by atoms with Crippen LogP contribution in [0.15, 0.2) is 76.6 Å². The highest BCUT2D eigenvalue weighted by Gasteiger charge is 2.37. The van der Waals surface area contributed by atoms with E-state index >= 15 is 0 Å². The largest absolute Gasteiger partial charge is 0.416 e. The molecule has 0 saturated carbocycles. The third-order valence-corrected chi connectivity index (χ3v) is 5.85. The van der Waals surface area contributed by atoms with Gasteiger partial charge in [-0.15, -0.1) is 5.10 Å². The Labute approximate surface area is 212 Å². The number of alkyl halides is 3. The van der Waals surface area contributed by atoms with Gasteiger partial charge in [0.15, 0.2) is 0 Å². The summed E-state index contributed by atoms with van der Waals surface area (Å²) >= 11 is 0. The molecule has 10 nitrogen and oxygen atoms in total. The molecule has 0 aliphatic carbocycles. The Bertz CT molecular complexity index is 1640. The lowest BCUT2D eigenvalue weighted by atomic mass is 9.95. The predicted octanol–water partition coefficient (Wildman–Crippen LogP) is 4.95. The number of aromatic nitrogens is 4. The van der Waals surface area contributed by atoms with Crippen molar-refractivity contribution in [3.63, 3.8) is 0 Å². The van der Waals surface area contributed by atoms with Crippen molar-refractivity contribution < 1.29 is 22.5 Å². The zero-order valence-electron chi connectivity index (χ0n) is 19.4. The number of hydrogen-bond donors (Lipinski definition) is 1. The highest BCUT2D eigenvalue weighted by molar-refractivity contribution is 6.01. The van der Waals surface area contributed by atoms with Crippen molar-refractivity contribution in [3.05, 3.63) is 94.5 Å². The first-order valence-corrected chi connectivity index (χ1v) is 11.0. The first-order chi connectivity index (χ1) is 18.2. The number of benzene rings is 2. The van der Waals surface area contributed by atoms with Gasteiger partial charge in [0.1, 0.15) is 6.04 Å². The average Bonchev–Trinajstić information content (AvgIpc) is 3.58. The lowest BCUT2D eigenvalue weighted by Gasteiger charge is -2.34. The Morgan fingerprint density at radius 2 is 1.87 bits per heavy atom. The topological polar surface area (TPSA) is 137 Å². The summed E-state index contributed by atoms with van der Waals surface area (Å²) in [6.45, 7) is 1.58. The summed E-state index contributed by atoms with van der Waals surface area (Å²) in [6.07, 6.45) is -3.32. The monoisotopic (exact) mass is 516 g/mol. The van der Waals surface area contributed by atoms with Crippen molar-refractivity contribution in [3.8, 4) is 12.1 Å². The van der Waals surface area contributed by atoms with E-state index in [0.717, 1.165) is 12.1 Å². The number of hydrogen-bond acceptors (Lipinski definition) is 8. The van der Waals surface area contributed by atoms with Crippen molar-refractivity contribution in [2.24, 2.45) is 0 Å². The van der Waals surface area contributed by atoms with E-state index in [2.05, 4.69) is 26.6 Å². The molecule has 1 aliphatic heterocycles. The molecule has 1 atom stereocenters. The normalized spacial score (nSPS) is 15.0. The average molecular weight is 516 g/mol. The Hall–Kier alpha value is -5.43. The smallest absolute Gasteiger partial charge is 0.351 e. The maximum absolute atomic E-state index is 13.5. The van der Waals surface area contributed by atoms with Gasteiger partial charge in [0.05, 0.1) is 35.0 Å². The lowest BCUT2D eigenvalue weighted by molar-refractivity contribution is -0.137. The van der Waals surface area contributed by atoms with Crippen molar-refractivity contribution in [1.29, 1.82) is 10.5 Å². The zero-order chi connectivity index (χ0) is 27.0. The van der Waals surface area contributed by atoms with Gasteiger partial charge < -0.3 is 4.52 Å². The molecular formula is C25H15F3N8O2. The van der Waals surface area contributed by atoms with E-state index < -0.39 is 23.7 Å². The molecule has 0 unspecified atom stereocenters. The van der Waals surface area contributed by atoms with E-state index in [0.29, 0.717) is 16.8 Å². The molecule has 0 fully saturated rings. The lowest BCUT2D eigenvalue weighted by Crippen LogP contribution is -2.31. The van der Waals surface area contributed by atoms with Gasteiger partial charge in [0, 0.05) is 17.5 Å². The van der Waals surface area contributed by atoms with E-state index in [-0.39, 0.29) is 28.9 Å². The molecule has 0 bridgehead atoms. The second kappa shape index (κ2) is 9.22. The molecule has 3 heterocycles. The Morgan fingerprint density at radius 3 is 2.50 bits per heavy atom. The number of nitrogens with zero attached hydrogens (tertiary/aromatic N) is 7. The molecule has 1 aliphatic rings. The molecule has 5 rings (SSSR count). The summed E-state index contributed by atoms with van der Waals surface area (Å²) in [7, 11) is 0. The Morgan fingerprint density at radius 1 is 1.11 bits per heavy atom. The number of rotatable bonds is 4. The number of allylic oxidation sites excluding steroid dienone is 2. The molecule has 38 heavy (non-hydrogen) atoms. The predicted molar refractivity (Wildman–Crippen MR) is 126 cm³/mol. The van der Waals surface area contributed by atoms with Gasteiger partial charge in [-0.25, -0.2) is 4.68 Å². The van der Waals surface area contributed by atoms with Crippen LogP contribution in [0.2, 0.25) is 0 Å². The van der Waals surface area contributed by atoms with E-state index in [1.54, 1.807) is 31.2 Å². The van der Waals surface area contributed by atoms with Gasteiger partial charge in [-0.05, 0) is 42.8 Å². The maximum Gasteiger partial charge on any atom is 0.416 e. The fourth-order valence-corrected chi connectivity index (χ4v) is 4.10. The van der Waals surface area contributed by atoms with E-state index in [4.69, 9.17) is 9.78 Å². The van der Waals surface area contributed by atoms with Crippen LogP contribution in [0.5, 0.6) is 0 Å². The van der Waals surface area contributed by atoms with Crippen LogP contribution in [-0.4, -0.2) is 25.8 Å². The van der Waals surface area contributed by atoms with Gasteiger partial charge in [0.2, 0.25) is 11.7 Å². The SMILES string of the molecule is CC1=C(C#N)[C@@H](c2ccc(C#N)cc2)n2nc(NC(=O)c3ccno3)nc2N1c1cccc(C(F)(F)F)c1. The van der Waals surface area contributed by atoms with Crippen LogP contribution >= 0.6 is 0 Å². The van der Waals surface area contributed by atoms with Crippen LogP contribution in [0.1, 0.15) is 40.2 Å². The molecule has 4 aromatic rings. The molecule has 1 amide bonds. The molecule has 2 aromatic heterocycles. The molecular weight excluding hydrogens is 501 g/mol. The van der Waals surface area contributed by atoms with Gasteiger partial charge in [-0.1, -0.05) is 23.4 Å². The number of carbonyl (C=O) groups is 1. The summed E-state index contributed by atoms with van der Waals surface area (Å²) < 4.78 is 46.7. The van der Waals surface area contributed by atoms with E-state index in [9.17, 15) is 23.2 Å². The molecule has 2 aromatic carbocycles. The number of nitrogens with one attached hydrogen (secondary N) is 1. The quantitative estimate of drug-likeness (QED) is 0.402. The van der Waals surface area contributed by atoms with Crippen LogP contribution in [0.4, 0.5) is 30.8 Å². The van der Waals surface area contributed by atoms with Gasteiger partial charge in [-0.3, -0.25) is 15.0 Å². The number of anilines is 3. The minimum atomic E-state index is -4.60. The third kappa shape index (κ3) is 4.22. The second-order valence-corrected chi connectivity index (χ2v) is 8.14. The summed E-state index contributed by atoms with van der Waals surface area (Å²) in [6, 6.07) is 15.7. The Kier molecular flexibility index (Phi) is 5.89. The van der Waals surface area contributed by atoms with Crippen molar-refractivity contribution in [1.82, 2.24) is 19.9 Å². The molecule has 0 radical (unpaired) electrons. The number of halogens is 3.